The number of carbonyl (C=O) groups is 2. The molecule has 1 aliphatic carbocycles. The highest BCUT2D eigenvalue weighted by Crippen LogP contribution is 2.31. The monoisotopic (exact) mass is 285 g/mol. The highest BCUT2D eigenvalue weighted by Gasteiger charge is 2.39. The summed E-state index contributed by atoms with van der Waals surface area (Å²) in [7, 11) is 0. The van der Waals surface area contributed by atoms with Gasteiger partial charge in [-0.1, -0.05) is 11.6 Å². The van der Waals surface area contributed by atoms with E-state index in [-0.39, 0.29) is 16.6 Å². The van der Waals surface area contributed by atoms with Gasteiger partial charge in [0.25, 0.3) is 5.91 Å². The van der Waals surface area contributed by atoms with Crippen LogP contribution < -0.4 is 0 Å². The van der Waals surface area contributed by atoms with Crippen LogP contribution in [0.15, 0.2) is 18.2 Å². The molecule has 19 heavy (non-hydrogen) atoms. The number of benzene rings is 1. The molecule has 1 aliphatic rings. The van der Waals surface area contributed by atoms with Crippen molar-refractivity contribution in [2.45, 2.75) is 31.8 Å². The lowest BCUT2D eigenvalue weighted by molar-refractivity contribution is -0.141. The van der Waals surface area contributed by atoms with Crippen molar-refractivity contribution in [3.05, 3.63) is 34.6 Å². The Morgan fingerprint density at radius 3 is 2.58 bits per heavy atom. The normalized spacial score (nSPS) is 15.9. The molecule has 0 aromatic heterocycles. The van der Waals surface area contributed by atoms with Crippen molar-refractivity contribution < 1.29 is 19.1 Å². The van der Waals surface area contributed by atoms with Gasteiger partial charge in [0.2, 0.25) is 0 Å². The minimum Gasteiger partial charge on any atom is -0.480 e. The molecule has 4 nitrogen and oxygen atoms in total. The predicted molar refractivity (Wildman–Crippen MR) is 67.7 cm³/mol. The predicted octanol–water partition coefficient (Wildman–Crippen LogP) is 2.56. The Hall–Kier alpha value is -1.62. The second-order valence-corrected chi connectivity index (χ2v) is 4.99. The molecule has 6 heteroatoms. The number of hydrogen-bond acceptors (Lipinski definition) is 2. The quantitative estimate of drug-likeness (QED) is 0.925. The first kappa shape index (κ1) is 13.8. The third kappa shape index (κ3) is 2.87. The summed E-state index contributed by atoms with van der Waals surface area (Å²) >= 11 is 5.84. The topological polar surface area (TPSA) is 57.6 Å². The molecule has 102 valence electrons. The molecule has 1 atom stereocenters. The first-order valence-corrected chi connectivity index (χ1v) is 6.30. The molecule has 1 saturated carbocycles. The zero-order valence-electron chi connectivity index (χ0n) is 10.3. The maximum absolute atomic E-state index is 13.0. The number of hydrogen-bond donors (Lipinski definition) is 1. The van der Waals surface area contributed by atoms with E-state index in [4.69, 9.17) is 16.7 Å². The maximum atomic E-state index is 13.0. The first-order valence-electron chi connectivity index (χ1n) is 5.92. The maximum Gasteiger partial charge on any atom is 0.326 e. The number of amides is 1. The number of halogens is 2. The Morgan fingerprint density at radius 1 is 1.47 bits per heavy atom. The van der Waals surface area contributed by atoms with E-state index in [0.717, 1.165) is 25.0 Å². The van der Waals surface area contributed by atoms with Gasteiger partial charge in [-0.05, 0) is 38.0 Å². The van der Waals surface area contributed by atoms with Crippen LogP contribution in [0.5, 0.6) is 0 Å². The summed E-state index contributed by atoms with van der Waals surface area (Å²) in [6.45, 7) is 1.45. The van der Waals surface area contributed by atoms with E-state index in [1.165, 1.54) is 17.9 Å². The standard InChI is InChI=1S/C13H13ClFNO3/c1-7(13(18)19)16(9-3-4-9)12(17)10-5-2-8(15)6-11(10)14/h2,5-7,9H,3-4H2,1H3,(H,18,19). The summed E-state index contributed by atoms with van der Waals surface area (Å²) in [6.07, 6.45) is 1.56. The van der Waals surface area contributed by atoms with Crippen molar-refractivity contribution >= 4 is 23.5 Å². The van der Waals surface area contributed by atoms with Gasteiger partial charge in [-0.15, -0.1) is 0 Å². The van der Waals surface area contributed by atoms with E-state index in [1.54, 1.807) is 0 Å². The lowest BCUT2D eigenvalue weighted by atomic mass is 10.1. The lowest BCUT2D eigenvalue weighted by Crippen LogP contribution is -2.44. The fraction of sp³-hybridized carbons (Fsp3) is 0.385. The number of carbonyl (C=O) groups excluding carboxylic acids is 1. The van der Waals surface area contributed by atoms with Crippen LogP contribution in [0.1, 0.15) is 30.1 Å². The molecule has 2 rings (SSSR count). The second-order valence-electron chi connectivity index (χ2n) is 4.58. The van der Waals surface area contributed by atoms with Crippen molar-refractivity contribution in [3.63, 3.8) is 0 Å². The molecule has 1 aromatic rings. The fourth-order valence-corrected chi connectivity index (χ4v) is 2.18. The van der Waals surface area contributed by atoms with Gasteiger partial charge in [0.1, 0.15) is 11.9 Å². The molecule has 0 radical (unpaired) electrons. The van der Waals surface area contributed by atoms with Crippen LogP contribution in [0, 0.1) is 5.82 Å². The summed E-state index contributed by atoms with van der Waals surface area (Å²) in [5.74, 6) is -2.08. The SMILES string of the molecule is CC(C(=O)O)N(C(=O)c1ccc(F)cc1Cl)C1CC1. The zero-order chi connectivity index (χ0) is 14.2. The Labute approximate surface area is 114 Å². The van der Waals surface area contributed by atoms with E-state index < -0.39 is 23.7 Å². The van der Waals surface area contributed by atoms with Gasteiger partial charge in [-0.2, -0.15) is 0 Å². The number of rotatable bonds is 4. The Kier molecular flexibility index (Phi) is 3.75. The van der Waals surface area contributed by atoms with Gasteiger partial charge in [-0.3, -0.25) is 4.79 Å². The zero-order valence-corrected chi connectivity index (χ0v) is 11.0. The van der Waals surface area contributed by atoms with Crippen LogP contribution in [0.25, 0.3) is 0 Å². The minimum atomic E-state index is -1.07. The molecule has 0 spiro atoms. The molecule has 1 unspecified atom stereocenters. The second kappa shape index (κ2) is 5.17. The summed E-state index contributed by atoms with van der Waals surface area (Å²) in [4.78, 5) is 24.7. The van der Waals surface area contributed by atoms with E-state index in [1.807, 2.05) is 0 Å². The summed E-state index contributed by atoms with van der Waals surface area (Å²) < 4.78 is 13.0. The molecule has 1 amide bonds. The third-order valence-electron chi connectivity index (χ3n) is 3.11. The number of carboxylic acids is 1. The lowest BCUT2D eigenvalue weighted by Gasteiger charge is -2.26. The van der Waals surface area contributed by atoms with Crippen LogP contribution in [-0.4, -0.2) is 34.0 Å². The van der Waals surface area contributed by atoms with Gasteiger partial charge in [-0.25, -0.2) is 9.18 Å². The van der Waals surface area contributed by atoms with Crippen LogP contribution >= 0.6 is 11.6 Å². The van der Waals surface area contributed by atoms with Crippen molar-refractivity contribution in [1.82, 2.24) is 4.90 Å². The van der Waals surface area contributed by atoms with E-state index in [0.29, 0.717) is 0 Å². The fourth-order valence-electron chi connectivity index (χ4n) is 1.93. The average molecular weight is 286 g/mol. The smallest absolute Gasteiger partial charge is 0.326 e. The van der Waals surface area contributed by atoms with Gasteiger partial charge in [0, 0.05) is 6.04 Å². The van der Waals surface area contributed by atoms with E-state index in [2.05, 4.69) is 0 Å². The van der Waals surface area contributed by atoms with Gasteiger partial charge >= 0.3 is 5.97 Å². The molecule has 0 saturated heterocycles. The van der Waals surface area contributed by atoms with Crippen LogP contribution in [0.4, 0.5) is 4.39 Å². The molecule has 1 N–H and O–H groups in total. The average Bonchev–Trinajstić information content (AvgIpc) is 3.13. The number of aliphatic carboxylic acids is 1. The molecular weight excluding hydrogens is 273 g/mol. The molecule has 0 bridgehead atoms. The van der Waals surface area contributed by atoms with Crippen molar-refractivity contribution in [1.29, 1.82) is 0 Å². The Balaban J connectivity index is 2.31. The number of carboxylic acid groups (broad SMARTS) is 1. The van der Waals surface area contributed by atoms with Crippen molar-refractivity contribution in [2.24, 2.45) is 0 Å². The van der Waals surface area contributed by atoms with E-state index in [9.17, 15) is 14.0 Å². The van der Waals surface area contributed by atoms with Gasteiger partial charge < -0.3 is 10.0 Å². The molecule has 1 fully saturated rings. The minimum absolute atomic E-state index is 0.00626. The highest BCUT2D eigenvalue weighted by molar-refractivity contribution is 6.33. The van der Waals surface area contributed by atoms with Crippen molar-refractivity contribution in [3.8, 4) is 0 Å². The Bertz CT molecular complexity index is 531. The van der Waals surface area contributed by atoms with Crippen molar-refractivity contribution in [2.75, 3.05) is 0 Å². The van der Waals surface area contributed by atoms with Crippen LogP contribution in [-0.2, 0) is 4.79 Å². The molecule has 0 heterocycles. The van der Waals surface area contributed by atoms with Gasteiger partial charge in [0.15, 0.2) is 0 Å². The summed E-state index contributed by atoms with van der Waals surface area (Å²) in [5, 5.41) is 9.05. The summed E-state index contributed by atoms with van der Waals surface area (Å²) in [5.41, 5.74) is 0.128. The van der Waals surface area contributed by atoms with Crippen LogP contribution in [0.3, 0.4) is 0 Å². The van der Waals surface area contributed by atoms with Crippen LogP contribution in [0.2, 0.25) is 5.02 Å². The summed E-state index contributed by atoms with van der Waals surface area (Å²) in [6, 6.07) is 2.46. The number of nitrogens with zero attached hydrogens (tertiary/aromatic N) is 1. The third-order valence-corrected chi connectivity index (χ3v) is 3.42. The molecular formula is C13H13ClFNO3. The largest absolute Gasteiger partial charge is 0.480 e. The molecule has 1 aromatic carbocycles. The highest BCUT2D eigenvalue weighted by atomic mass is 35.5. The van der Waals surface area contributed by atoms with Gasteiger partial charge in [0.05, 0.1) is 10.6 Å². The van der Waals surface area contributed by atoms with E-state index >= 15 is 0 Å². The first-order chi connectivity index (χ1) is 8.91. The molecule has 0 aliphatic heterocycles. The Morgan fingerprint density at radius 2 is 2.11 bits per heavy atom.